The van der Waals surface area contributed by atoms with E-state index in [1.165, 1.54) is 128 Å². The molecule has 0 heterocycles. The average Bonchev–Trinajstić information content (AvgIpc) is 3.47. The van der Waals surface area contributed by atoms with Crippen LogP contribution in [0.5, 0.6) is 0 Å². The van der Waals surface area contributed by atoms with Gasteiger partial charge in [0.15, 0.2) is 6.10 Å². The molecule has 0 rings (SSSR count). The minimum Gasteiger partial charge on any atom is -0.462 e. The molecule has 0 saturated heterocycles. The van der Waals surface area contributed by atoms with Gasteiger partial charge in [-0.25, -0.2) is 0 Å². The largest absolute Gasteiger partial charge is 0.462 e. The maximum atomic E-state index is 12.9. The molecule has 0 saturated carbocycles. The Morgan fingerprint density at radius 2 is 0.476 bits per heavy atom. The number of hydrogen-bond donors (Lipinski definition) is 0. The van der Waals surface area contributed by atoms with Gasteiger partial charge in [0, 0.05) is 19.3 Å². The molecule has 1 atom stereocenters. The van der Waals surface area contributed by atoms with Crippen LogP contribution in [0.3, 0.4) is 0 Å². The third-order valence-electron chi connectivity index (χ3n) is 14.4. The molecule has 6 heteroatoms. The Morgan fingerprint density at radius 1 is 0.256 bits per heavy atom. The first kappa shape index (κ1) is 77.5. The van der Waals surface area contributed by atoms with Crippen molar-refractivity contribution in [3.63, 3.8) is 0 Å². The maximum absolute atomic E-state index is 12.9. The van der Waals surface area contributed by atoms with Crippen LogP contribution in [-0.2, 0) is 28.6 Å². The summed E-state index contributed by atoms with van der Waals surface area (Å²) in [6, 6.07) is 0. The van der Waals surface area contributed by atoms with Gasteiger partial charge in [-0.1, -0.05) is 283 Å². The topological polar surface area (TPSA) is 78.9 Å². The molecular formula is C76H126O6. The van der Waals surface area contributed by atoms with Gasteiger partial charge in [-0.3, -0.25) is 14.4 Å². The summed E-state index contributed by atoms with van der Waals surface area (Å²) in [7, 11) is 0. The Labute approximate surface area is 506 Å². The highest BCUT2D eigenvalue weighted by Crippen LogP contribution is 2.15. The van der Waals surface area contributed by atoms with Crippen LogP contribution in [0, 0.1) is 0 Å². The summed E-state index contributed by atoms with van der Waals surface area (Å²) in [4.78, 5) is 38.4. The Hall–Kier alpha value is -4.45. The van der Waals surface area contributed by atoms with Crippen LogP contribution >= 0.6 is 0 Å². The standard InChI is InChI=1S/C76H126O6/c1-4-7-10-13-16-19-22-25-27-29-31-33-35-36-37-38-39-40-42-43-45-47-49-51-54-57-60-63-66-69-75(78)81-72-73(71-80-74(77)68-65-62-59-56-53-24-21-18-15-12-9-6-3)82-76(79)70-67-64-61-58-55-52-50-48-46-44-41-34-32-30-28-26-23-20-17-14-11-8-5-2/h7,10,16,18-19,21,23,25-27,30-33,36-37,39-41,43-45,73H,4-6,8-9,11-15,17,20,22,24,28-29,34-35,38,42,46-72H2,1-3H3/b10-7-,19-16-,21-18-,26-23-,27-25-,32-30-,33-31-,37-36-,40-39-,44-41-,45-43-. The summed E-state index contributed by atoms with van der Waals surface area (Å²) in [6.07, 6.45) is 97.5. The highest BCUT2D eigenvalue weighted by atomic mass is 16.6. The van der Waals surface area contributed by atoms with E-state index in [1.807, 2.05) is 0 Å². The molecule has 0 aliphatic rings. The number of ether oxygens (including phenoxy) is 3. The summed E-state index contributed by atoms with van der Waals surface area (Å²) in [5.41, 5.74) is 0. The number of unbranched alkanes of at least 4 members (excludes halogenated alkanes) is 28. The van der Waals surface area contributed by atoms with Crippen molar-refractivity contribution >= 4 is 17.9 Å². The van der Waals surface area contributed by atoms with E-state index in [2.05, 4.69) is 154 Å². The van der Waals surface area contributed by atoms with Crippen molar-refractivity contribution in [2.45, 2.75) is 316 Å². The summed E-state index contributed by atoms with van der Waals surface area (Å²) in [6.45, 7) is 6.48. The van der Waals surface area contributed by atoms with Crippen molar-refractivity contribution < 1.29 is 28.6 Å². The fourth-order valence-corrected chi connectivity index (χ4v) is 9.25. The van der Waals surface area contributed by atoms with Gasteiger partial charge in [-0.05, 0) is 141 Å². The molecule has 0 aliphatic carbocycles. The number of allylic oxidation sites excluding steroid dienone is 22. The zero-order valence-electron chi connectivity index (χ0n) is 53.5. The number of rotatable bonds is 61. The van der Waals surface area contributed by atoms with E-state index < -0.39 is 6.10 Å². The van der Waals surface area contributed by atoms with Crippen molar-refractivity contribution in [2.24, 2.45) is 0 Å². The van der Waals surface area contributed by atoms with E-state index >= 15 is 0 Å². The summed E-state index contributed by atoms with van der Waals surface area (Å²) in [5, 5.41) is 0. The van der Waals surface area contributed by atoms with Crippen LogP contribution in [-0.4, -0.2) is 37.2 Å². The van der Waals surface area contributed by atoms with Crippen LogP contribution in [0.15, 0.2) is 134 Å². The lowest BCUT2D eigenvalue weighted by molar-refractivity contribution is -0.167. The van der Waals surface area contributed by atoms with Crippen LogP contribution in [0.2, 0.25) is 0 Å². The first-order valence-corrected chi connectivity index (χ1v) is 34.2. The minimum atomic E-state index is -0.796. The molecule has 0 spiro atoms. The molecular weight excluding hydrogens is 1010 g/mol. The van der Waals surface area contributed by atoms with Gasteiger partial charge in [-0.15, -0.1) is 0 Å². The molecule has 0 amide bonds. The number of carbonyl (C=O) groups is 3. The molecule has 6 nitrogen and oxygen atoms in total. The summed E-state index contributed by atoms with van der Waals surface area (Å²) in [5.74, 6) is -0.914. The van der Waals surface area contributed by atoms with Crippen LogP contribution in [0.1, 0.15) is 310 Å². The number of carbonyl (C=O) groups excluding carboxylic acids is 3. The lowest BCUT2D eigenvalue weighted by Crippen LogP contribution is -2.30. The molecule has 0 radical (unpaired) electrons. The summed E-state index contributed by atoms with van der Waals surface area (Å²) >= 11 is 0. The molecule has 466 valence electrons. The molecule has 0 fully saturated rings. The summed E-state index contributed by atoms with van der Waals surface area (Å²) < 4.78 is 16.9. The molecule has 0 aromatic heterocycles. The second-order valence-corrected chi connectivity index (χ2v) is 22.3. The first-order chi connectivity index (χ1) is 40.5. The molecule has 0 aliphatic heterocycles. The van der Waals surface area contributed by atoms with E-state index in [1.54, 1.807) is 0 Å². The van der Waals surface area contributed by atoms with Gasteiger partial charge < -0.3 is 14.2 Å². The van der Waals surface area contributed by atoms with E-state index in [9.17, 15) is 14.4 Å². The van der Waals surface area contributed by atoms with E-state index in [4.69, 9.17) is 14.2 Å². The third-order valence-corrected chi connectivity index (χ3v) is 14.4. The van der Waals surface area contributed by atoms with Gasteiger partial charge in [0.05, 0.1) is 0 Å². The van der Waals surface area contributed by atoms with Crippen molar-refractivity contribution in [2.75, 3.05) is 13.2 Å². The Balaban J connectivity index is 4.35. The van der Waals surface area contributed by atoms with Crippen LogP contribution in [0.25, 0.3) is 0 Å². The van der Waals surface area contributed by atoms with Crippen molar-refractivity contribution in [1.29, 1.82) is 0 Å². The van der Waals surface area contributed by atoms with Gasteiger partial charge in [-0.2, -0.15) is 0 Å². The van der Waals surface area contributed by atoms with Crippen molar-refractivity contribution in [3.05, 3.63) is 134 Å². The highest BCUT2D eigenvalue weighted by Gasteiger charge is 2.19. The second-order valence-electron chi connectivity index (χ2n) is 22.3. The van der Waals surface area contributed by atoms with Gasteiger partial charge >= 0.3 is 17.9 Å². The van der Waals surface area contributed by atoms with E-state index in [0.717, 1.165) is 141 Å². The predicted octanol–water partition coefficient (Wildman–Crippen LogP) is 23.7. The molecule has 82 heavy (non-hydrogen) atoms. The number of esters is 3. The van der Waals surface area contributed by atoms with Crippen molar-refractivity contribution in [3.8, 4) is 0 Å². The molecule has 0 aromatic carbocycles. The Bertz CT molecular complexity index is 1730. The monoisotopic (exact) mass is 1130 g/mol. The van der Waals surface area contributed by atoms with Gasteiger partial charge in [0.2, 0.25) is 0 Å². The minimum absolute atomic E-state index is 0.0915. The quantitative estimate of drug-likeness (QED) is 0.0261. The van der Waals surface area contributed by atoms with Crippen LogP contribution in [0.4, 0.5) is 0 Å². The fourth-order valence-electron chi connectivity index (χ4n) is 9.25. The fraction of sp³-hybridized carbons (Fsp3) is 0.671. The molecule has 0 aromatic rings. The zero-order valence-corrected chi connectivity index (χ0v) is 53.5. The SMILES string of the molecule is CC/C=C\C/C=C\C/C=C\C/C=C\C/C=C\C/C=C\C/C=C\CCCCCCCCCC(=O)OCC(COC(=O)CCCCCCC/C=C\CCCCC)OC(=O)CCCCCCCCCC/C=C\C/C=C\C/C=C\CCCCCCC. The van der Waals surface area contributed by atoms with Gasteiger partial charge in [0.25, 0.3) is 0 Å². The molecule has 0 N–H and O–H groups in total. The Kier molecular flexibility index (Phi) is 65.3. The lowest BCUT2D eigenvalue weighted by Gasteiger charge is -2.18. The first-order valence-electron chi connectivity index (χ1n) is 34.2. The smallest absolute Gasteiger partial charge is 0.306 e. The molecule has 1 unspecified atom stereocenters. The third kappa shape index (κ3) is 66.4. The second kappa shape index (κ2) is 69.0. The average molecular weight is 1140 g/mol. The van der Waals surface area contributed by atoms with Crippen molar-refractivity contribution in [1.82, 2.24) is 0 Å². The number of hydrogen-bond acceptors (Lipinski definition) is 6. The maximum Gasteiger partial charge on any atom is 0.306 e. The van der Waals surface area contributed by atoms with E-state index in [0.29, 0.717) is 19.3 Å². The zero-order chi connectivity index (χ0) is 59.2. The van der Waals surface area contributed by atoms with Gasteiger partial charge in [0.1, 0.15) is 13.2 Å². The van der Waals surface area contributed by atoms with E-state index in [-0.39, 0.29) is 31.1 Å². The highest BCUT2D eigenvalue weighted by molar-refractivity contribution is 5.71. The van der Waals surface area contributed by atoms with Crippen LogP contribution < -0.4 is 0 Å². The predicted molar refractivity (Wildman–Crippen MR) is 357 cm³/mol. The molecule has 0 bridgehead atoms. The lowest BCUT2D eigenvalue weighted by atomic mass is 10.1. The normalized spacial score (nSPS) is 13.0. The Morgan fingerprint density at radius 3 is 0.780 bits per heavy atom.